The molecule has 0 bridgehead atoms. The van der Waals surface area contributed by atoms with Crippen molar-refractivity contribution in [3.8, 4) is 87.0 Å². The van der Waals surface area contributed by atoms with Gasteiger partial charge in [-0.1, -0.05) is 0 Å². The third-order valence-electron chi connectivity index (χ3n) is 4.33. The summed E-state index contributed by atoms with van der Waals surface area (Å²) in [6, 6.07) is 3.87. The van der Waals surface area contributed by atoms with E-state index in [4.69, 9.17) is 14.2 Å². The number of aromatic hydroxyl groups is 9. The minimum absolute atomic E-state index is 0.245. The number of benzene rings is 3. The molecule has 15 heteroatoms. The van der Waals surface area contributed by atoms with Crippen LogP contribution in [0.3, 0.4) is 0 Å². The molecule has 0 aliphatic heterocycles. The number of nitrogens with zero attached hydrogens (tertiary/aromatic N) is 3. The molecule has 4 rings (SSSR count). The maximum absolute atomic E-state index is 9.68. The zero-order chi connectivity index (χ0) is 26.1. The monoisotopic (exact) mass is 501 g/mol. The lowest BCUT2D eigenvalue weighted by molar-refractivity contribution is 0.341. The van der Waals surface area contributed by atoms with Crippen molar-refractivity contribution in [2.45, 2.75) is 0 Å². The van der Waals surface area contributed by atoms with Gasteiger partial charge in [0.2, 0.25) is 17.2 Å². The van der Waals surface area contributed by atoms with Gasteiger partial charge in [0.05, 0.1) is 0 Å². The summed E-state index contributed by atoms with van der Waals surface area (Å²) in [7, 11) is 0. The SMILES string of the molecule is Oc1cc(Oc2nc(Oc3cc(O)c(O)c(O)c3)nc(Oc3cc(O)c(O)c(O)c3)n2)cc(O)c1O. The van der Waals surface area contributed by atoms with Crippen LogP contribution in [0.4, 0.5) is 0 Å². The summed E-state index contributed by atoms with van der Waals surface area (Å²) in [6.45, 7) is 0. The molecule has 0 fully saturated rings. The molecular weight excluding hydrogens is 486 g/mol. The van der Waals surface area contributed by atoms with Crippen LogP contribution in [0.2, 0.25) is 0 Å². The van der Waals surface area contributed by atoms with Crippen LogP contribution in [-0.4, -0.2) is 60.9 Å². The first-order valence-electron chi connectivity index (χ1n) is 9.54. The number of phenolic OH excluding ortho intramolecular Hbond substituents is 9. The second-order valence-electron chi connectivity index (χ2n) is 6.92. The Morgan fingerprint density at radius 2 is 0.556 bits per heavy atom. The molecule has 36 heavy (non-hydrogen) atoms. The van der Waals surface area contributed by atoms with E-state index in [1.54, 1.807) is 0 Å². The van der Waals surface area contributed by atoms with Gasteiger partial charge in [0.1, 0.15) is 17.2 Å². The predicted molar refractivity (Wildman–Crippen MR) is 114 cm³/mol. The first-order valence-corrected chi connectivity index (χ1v) is 9.54. The third kappa shape index (κ3) is 4.79. The van der Waals surface area contributed by atoms with Crippen LogP contribution in [-0.2, 0) is 0 Å². The summed E-state index contributed by atoms with van der Waals surface area (Å²) < 4.78 is 16.1. The molecule has 1 heterocycles. The summed E-state index contributed by atoms with van der Waals surface area (Å²) in [5.41, 5.74) is 0. The molecule has 1 aromatic heterocycles. The van der Waals surface area contributed by atoms with Crippen molar-refractivity contribution in [3.05, 3.63) is 36.4 Å². The van der Waals surface area contributed by atoms with Crippen molar-refractivity contribution in [3.63, 3.8) is 0 Å². The molecule has 4 aromatic rings. The van der Waals surface area contributed by atoms with Gasteiger partial charge in [-0.25, -0.2) is 0 Å². The quantitative estimate of drug-likeness (QED) is 0.172. The van der Waals surface area contributed by atoms with Gasteiger partial charge < -0.3 is 60.2 Å². The molecule has 0 unspecified atom stereocenters. The van der Waals surface area contributed by atoms with Crippen molar-refractivity contribution in [2.75, 3.05) is 0 Å². The number of aromatic nitrogens is 3. The summed E-state index contributed by atoms with van der Waals surface area (Å²) in [6.07, 6.45) is 0. The number of rotatable bonds is 6. The Labute approximate surface area is 199 Å². The van der Waals surface area contributed by atoms with Crippen LogP contribution in [0.5, 0.6) is 87.0 Å². The van der Waals surface area contributed by atoms with Gasteiger partial charge >= 0.3 is 18.0 Å². The number of ether oxygens (including phenoxy) is 3. The van der Waals surface area contributed by atoms with Gasteiger partial charge in [-0.15, -0.1) is 15.0 Å². The van der Waals surface area contributed by atoms with Crippen LogP contribution in [0, 0.1) is 0 Å². The second kappa shape index (κ2) is 8.90. The van der Waals surface area contributed by atoms with E-state index < -0.39 is 69.8 Å². The van der Waals surface area contributed by atoms with Crippen LogP contribution < -0.4 is 14.2 Å². The molecule has 0 saturated carbocycles. The summed E-state index contributed by atoms with van der Waals surface area (Å²) in [4.78, 5) is 11.5. The molecule has 0 saturated heterocycles. The standard InChI is InChI=1S/C21H15N3O12/c25-10-1-7(2-11(26)16(10)31)34-19-22-20(35-8-3-12(27)17(32)13(28)4-8)24-21(23-19)36-9-5-14(29)18(33)15(30)6-9/h1-6,25-33H. The average molecular weight is 501 g/mol. The Balaban J connectivity index is 1.73. The Hall–Kier alpha value is -5.73. The second-order valence-corrected chi connectivity index (χ2v) is 6.92. The van der Waals surface area contributed by atoms with Crippen LogP contribution in [0.15, 0.2) is 36.4 Å². The predicted octanol–water partition coefficient (Wildman–Crippen LogP) is 2.60. The van der Waals surface area contributed by atoms with Crippen LogP contribution in [0.25, 0.3) is 0 Å². The zero-order valence-corrected chi connectivity index (χ0v) is 17.6. The molecule has 0 spiro atoms. The van der Waals surface area contributed by atoms with Crippen LogP contribution in [0.1, 0.15) is 0 Å². The Morgan fingerprint density at radius 1 is 0.361 bits per heavy atom. The number of phenols is 9. The largest absolute Gasteiger partial charge is 0.504 e. The molecular formula is C21H15N3O12. The highest BCUT2D eigenvalue weighted by Crippen LogP contribution is 2.42. The molecule has 186 valence electrons. The van der Waals surface area contributed by atoms with E-state index in [1.165, 1.54) is 0 Å². The van der Waals surface area contributed by atoms with Gasteiger partial charge in [-0.2, -0.15) is 0 Å². The van der Waals surface area contributed by atoms with Gasteiger partial charge in [-0.05, 0) is 0 Å². The van der Waals surface area contributed by atoms with E-state index in [9.17, 15) is 46.0 Å². The number of hydrogen-bond acceptors (Lipinski definition) is 15. The Bertz CT molecular complexity index is 1220. The lowest BCUT2D eigenvalue weighted by atomic mass is 10.3. The molecule has 0 atom stereocenters. The zero-order valence-electron chi connectivity index (χ0n) is 17.6. The van der Waals surface area contributed by atoms with Gasteiger partial charge in [0, 0.05) is 36.4 Å². The normalized spacial score (nSPS) is 10.7. The van der Waals surface area contributed by atoms with E-state index in [2.05, 4.69) is 15.0 Å². The van der Waals surface area contributed by atoms with Crippen LogP contribution >= 0.6 is 0 Å². The van der Waals surface area contributed by atoms with E-state index in [1.807, 2.05) is 0 Å². The first kappa shape index (κ1) is 23.4. The highest BCUT2D eigenvalue weighted by molar-refractivity contribution is 5.55. The summed E-state index contributed by atoms with van der Waals surface area (Å²) in [5, 5.41) is 86.5. The fourth-order valence-electron chi connectivity index (χ4n) is 2.69. The fourth-order valence-corrected chi connectivity index (χ4v) is 2.69. The molecule has 3 aromatic carbocycles. The van der Waals surface area contributed by atoms with Crippen molar-refractivity contribution in [1.82, 2.24) is 15.0 Å². The third-order valence-corrected chi connectivity index (χ3v) is 4.33. The van der Waals surface area contributed by atoms with Gasteiger partial charge in [0.25, 0.3) is 0 Å². The lowest BCUT2D eigenvalue weighted by Gasteiger charge is -2.11. The maximum atomic E-state index is 9.68. The summed E-state index contributed by atoms with van der Waals surface area (Å²) >= 11 is 0. The van der Waals surface area contributed by atoms with Gasteiger partial charge in [0.15, 0.2) is 34.5 Å². The topological polar surface area (TPSA) is 248 Å². The Morgan fingerprint density at radius 3 is 0.750 bits per heavy atom. The van der Waals surface area contributed by atoms with E-state index >= 15 is 0 Å². The summed E-state index contributed by atoms with van der Waals surface area (Å²) in [5.74, 6) is -7.49. The molecule has 15 nitrogen and oxygen atoms in total. The highest BCUT2D eigenvalue weighted by Gasteiger charge is 2.18. The highest BCUT2D eigenvalue weighted by atomic mass is 16.5. The minimum Gasteiger partial charge on any atom is -0.504 e. The maximum Gasteiger partial charge on any atom is 0.331 e. The van der Waals surface area contributed by atoms with Gasteiger partial charge in [-0.3, -0.25) is 0 Å². The minimum atomic E-state index is -0.801. The Kier molecular flexibility index (Phi) is 5.79. The molecule has 0 amide bonds. The average Bonchev–Trinajstić information content (AvgIpc) is 2.79. The smallest absolute Gasteiger partial charge is 0.331 e. The van der Waals surface area contributed by atoms with Crippen molar-refractivity contribution < 1.29 is 60.2 Å². The molecule has 0 radical (unpaired) electrons. The van der Waals surface area contributed by atoms with E-state index in [0.717, 1.165) is 36.4 Å². The molecule has 0 aliphatic carbocycles. The fraction of sp³-hybridized carbons (Fsp3) is 0. The lowest BCUT2D eigenvalue weighted by Crippen LogP contribution is -2.01. The van der Waals surface area contributed by atoms with E-state index in [-0.39, 0.29) is 17.2 Å². The van der Waals surface area contributed by atoms with Crippen molar-refractivity contribution >= 4 is 0 Å². The number of hydrogen-bond donors (Lipinski definition) is 9. The van der Waals surface area contributed by atoms with E-state index in [0.29, 0.717) is 0 Å². The molecule has 0 aliphatic rings. The van der Waals surface area contributed by atoms with Crippen molar-refractivity contribution in [1.29, 1.82) is 0 Å². The first-order chi connectivity index (χ1) is 17.0. The molecule has 9 N–H and O–H groups in total. The van der Waals surface area contributed by atoms with Crippen molar-refractivity contribution in [2.24, 2.45) is 0 Å².